The number of ether oxygens (including phenoxy) is 1. The van der Waals surface area contributed by atoms with Gasteiger partial charge in [-0.1, -0.05) is 13.8 Å². The zero-order chi connectivity index (χ0) is 7.28. The molecule has 0 fully saturated rings. The van der Waals surface area contributed by atoms with Crippen molar-refractivity contribution in [1.82, 2.24) is 0 Å². The largest absolute Gasteiger partial charge is 0.508 e. The smallest absolute Gasteiger partial charge is 0.334 e. The monoisotopic (exact) mass is 130 g/mol. The van der Waals surface area contributed by atoms with E-state index in [9.17, 15) is 4.79 Å². The maximum absolute atomic E-state index is 9.99. The zero-order valence-corrected chi connectivity index (χ0v) is 5.55. The van der Waals surface area contributed by atoms with Gasteiger partial charge in [0.1, 0.15) is 12.4 Å². The molecule has 0 saturated carbocycles. The molecule has 0 amide bonds. The Bertz CT molecular complexity index is 126. The minimum atomic E-state index is -0.461. The van der Waals surface area contributed by atoms with E-state index >= 15 is 0 Å². The van der Waals surface area contributed by atoms with Crippen LogP contribution in [0.15, 0.2) is 11.8 Å². The molecule has 1 aliphatic heterocycles. The second kappa shape index (κ2) is 3.95. The van der Waals surface area contributed by atoms with Crippen LogP contribution in [0.2, 0.25) is 0 Å². The average molecular weight is 130 g/mol. The second-order valence-electron chi connectivity index (χ2n) is 1.24. The number of aliphatic hydroxyl groups is 1. The van der Waals surface area contributed by atoms with Crippen LogP contribution < -0.4 is 0 Å². The molecule has 0 aromatic heterocycles. The van der Waals surface area contributed by atoms with Gasteiger partial charge in [0.05, 0.1) is 6.08 Å². The highest BCUT2D eigenvalue weighted by Gasteiger charge is 2.09. The van der Waals surface area contributed by atoms with Crippen LogP contribution >= 0.6 is 0 Å². The molecule has 1 N–H and O–H groups in total. The summed E-state index contributed by atoms with van der Waals surface area (Å²) in [6.07, 6.45) is 1.06. The van der Waals surface area contributed by atoms with Gasteiger partial charge < -0.3 is 9.84 Å². The Morgan fingerprint density at radius 2 is 2.22 bits per heavy atom. The minimum absolute atomic E-state index is 0.00463. The van der Waals surface area contributed by atoms with Gasteiger partial charge in [0.15, 0.2) is 0 Å². The fourth-order valence-corrected chi connectivity index (χ4v) is 0.364. The summed E-state index contributed by atoms with van der Waals surface area (Å²) in [6, 6.07) is 0. The minimum Gasteiger partial charge on any atom is -0.508 e. The van der Waals surface area contributed by atoms with Crippen molar-refractivity contribution < 1.29 is 14.6 Å². The second-order valence-corrected chi connectivity index (χ2v) is 1.24. The molecule has 0 unspecified atom stereocenters. The maximum atomic E-state index is 9.99. The van der Waals surface area contributed by atoms with E-state index in [2.05, 4.69) is 4.74 Å². The lowest BCUT2D eigenvalue weighted by Gasteiger charge is -1.84. The summed E-state index contributed by atoms with van der Waals surface area (Å²) in [6.45, 7) is 4.04. The van der Waals surface area contributed by atoms with Gasteiger partial charge in [0.2, 0.25) is 0 Å². The van der Waals surface area contributed by atoms with Crippen molar-refractivity contribution in [2.75, 3.05) is 6.61 Å². The van der Waals surface area contributed by atoms with Crippen LogP contribution in [0.1, 0.15) is 13.8 Å². The summed E-state index contributed by atoms with van der Waals surface area (Å²) in [5, 5.41) is 8.41. The van der Waals surface area contributed by atoms with Crippen molar-refractivity contribution in [2.45, 2.75) is 13.8 Å². The van der Waals surface area contributed by atoms with Crippen LogP contribution in [0.25, 0.3) is 0 Å². The van der Waals surface area contributed by atoms with Crippen molar-refractivity contribution in [3.63, 3.8) is 0 Å². The molecule has 1 heterocycles. The Hall–Kier alpha value is -0.990. The Labute approximate surface area is 53.9 Å². The molecular weight excluding hydrogens is 120 g/mol. The van der Waals surface area contributed by atoms with E-state index in [0.29, 0.717) is 0 Å². The highest BCUT2D eigenvalue weighted by Crippen LogP contribution is 1.99. The quantitative estimate of drug-likeness (QED) is 0.498. The van der Waals surface area contributed by atoms with Crippen molar-refractivity contribution in [2.24, 2.45) is 0 Å². The third-order valence-corrected chi connectivity index (χ3v) is 0.647. The van der Waals surface area contributed by atoms with Crippen molar-refractivity contribution in [3.8, 4) is 0 Å². The lowest BCUT2D eigenvalue weighted by Crippen LogP contribution is -1.90. The van der Waals surface area contributed by atoms with Gasteiger partial charge in [0, 0.05) is 0 Å². The fourth-order valence-electron chi connectivity index (χ4n) is 0.364. The normalized spacial score (nSPS) is 15.3. The summed E-state index contributed by atoms with van der Waals surface area (Å²) in [5.41, 5.74) is 0. The van der Waals surface area contributed by atoms with Gasteiger partial charge in [-0.2, -0.15) is 0 Å². The fraction of sp³-hybridized carbons (Fsp3) is 0.500. The molecule has 1 rings (SSSR count). The van der Waals surface area contributed by atoms with Crippen molar-refractivity contribution in [3.05, 3.63) is 11.8 Å². The molecule has 1 aliphatic rings. The van der Waals surface area contributed by atoms with Crippen LogP contribution in [0.5, 0.6) is 0 Å². The zero-order valence-electron chi connectivity index (χ0n) is 5.55. The van der Waals surface area contributed by atoms with E-state index in [4.69, 9.17) is 5.11 Å². The predicted molar refractivity (Wildman–Crippen MR) is 33.0 cm³/mol. The number of carbonyl (C=O) groups is 1. The molecular formula is C6H10O3. The van der Waals surface area contributed by atoms with Gasteiger partial charge in [-0.05, 0) is 0 Å². The predicted octanol–water partition coefficient (Wildman–Crippen LogP) is 1.01. The van der Waals surface area contributed by atoms with Gasteiger partial charge in [0.25, 0.3) is 0 Å². The molecule has 0 aromatic carbocycles. The summed E-state index contributed by atoms with van der Waals surface area (Å²) in [5.74, 6) is -0.456. The Kier molecular flexibility index (Phi) is 3.51. The third kappa shape index (κ3) is 2.74. The molecule has 0 spiro atoms. The van der Waals surface area contributed by atoms with Gasteiger partial charge in [-0.15, -0.1) is 0 Å². The van der Waals surface area contributed by atoms with E-state index in [1.165, 1.54) is 0 Å². The van der Waals surface area contributed by atoms with Crippen LogP contribution in [-0.4, -0.2) is 17.7 Å². The van der Waals surface area contributed by atoms with Crippen LogP contribution in [0.3, 0.4) is 0 Å². The van der Waals surface area contributed by atoms with Gasteiger partial charge >= 0.3 is 5.97 Å². The molecule has 0 saturated heterocycles. The van der Waals surface area contributed by atoms with Crippen LogP contribution in [-0.2, 0) is 9.53 Å². The van der Waals surface area contributed by atoms with Crippen molar-refractivity contribution >= 4 is 5.97 Å². The summed E-state index contributed by atoms with van der Waals surface area (Å²) >= 11 is 0. The topological polar surface area (TPSA) is 46.5 Å². The molecule has 0 atom stereocenters. The Morgan fingerprint density at radius 1 is 1.67 bits per heavy atom. The first-order valence-corrected chi connectivity index (χ1v) is 2.85. The third-order valence-electron chi connectivity index (χ3n) is 0.647. The number of carbonyl (C=O) groups excluding carboxylic acids is 1. The lowest BCUT2D eigenvalue weighted by atomic mass is 10.5. The van der Waals surface area contributed by atoms with E-state index in [0.717, 1.165) is 6.08 Å². The standard InChI is InChI=1S/C4H4O3.C2H6/c5-3-1-4(6)7-2-3;1-2/h1,5H,2H2;1-2H3. The summed E-state index contributed by atoms with van der Waals surface area (Å²) in [4.78, 5) is 9.99. The van der Waals surface area contributed by atoms with Crippen LogP contribution in [0, 0.1) is 0 Å². The van der Waals surface area contributed by atoms with E-state index < -0.39 is 5.97 Å². The lowest BCUT2D eigenvalue weighted by molar-refractivity contribution is -0.135. The maximum Gasteiger partial charge on any atom is 0.334 e. The first-order chi connectivity index (χ1) is 4.29. The molecule has 52 valence electrons. The van der Waals surface area contributed by atoms with Gasteiger partial charge in [-0.3, -0.25) is 0 Å². The number of hydrogen-bond acceptors (Lipinski definition) is 3. The van der Waals surface area contributed by atoms with Crippen molar-refractivity contribution in [1.29, 1.82) is 0 Å². The van der Waals surface area contributed by atoms with E-state index in [1.54, 1.807) is 0 Å². The molecule has 9 heavy (non-hydrogen) atoms. The number of aliphatic hydroxyl groups excluding tert-OH is 1. The molecule has 0 radical (unpaired) electrons. The summed E-state index contributed by atoms with van der Waals surface area (Å²) < 4.78 is 4.28. The molecule has 0 aliphatic carbocycles. The average Bonchev–Trinajstić information content (AvgIpc) is 2.20. The van der Waals surface area contributed by atoms with Crippen LogP contribution in [0.4, 0.5) is 0 Å². The number of cyclic esters (lactones) is 1. The molecule has 3 heteroatoms. The first-order valence-electron chi connectivity index (χ1n) is 2.85. The van der Waals surface area contributed by atoms with E-state index in [-0.39, 0.29) is 12.4 Å². The van der Waals surface area contributed by atoms with E-state index in [1.807, 2.05) is 13.8 Å². The molecule has 0 bridgehead atoms. The summed E-state index contributed by atoms with van der Waals surface area (Å²) in [7, 11) is 0. The Balaban J connectivity index is 0.000000291. The Morgan fingerprint density at radius 3 is 2.33 bits per heavy atom. The first kappa shape index (κ1) is 8.01. The number of hydrogen-bond donors (Lipinski definition) is 1. The SMILES string of the molecule is CC.O=C1C=C(O)CO1. The highest BCUT2D eigenvalue weighted by atomic mass is 16.5. The highest BCUT2D eigenvalue weighted by molar-refractivity contribution is 5.84. The number of esters is 1. The molecule has 3 nitrogen and oxygen atoms in total. The number of rotatable bonds is 0. The molecule has 0 aromatic rings. The van der Waals surface area contributed by atoms with Gasteiger partial charge in [-0.25, -0.2) is 4.79 Å².